The average molecular weight is 339 g/mol. The van der Waals surface area contributed by atoms with Crippen LogP contribution in [0.2, 0.25) is 0 Å². The predicted molar refractivity (Wildman–Crippen MR) is 85.1 cm³/mol. The second-order valence-corrected chi connectivity index (χ2v) is 5.32. The van der Waals surface area contributed by atoms with Crippen molar-refractivity contribution in [2.45, 2.75) is 19.8 Å². The van der Waals surface area contributed by atoms with E-state index in [-0.39, 0.29) is 18.0 Å². The number of rotatable bonds is 7. The summed E-state index contributed by atoms with van der Waals surface area (Å²) in [4.78, 5) is 15.5. The fourth-order valence-electron chi connectivity index (χ4n) is 1.69. The summed E-state index contributed by atoms with van der Waals surface area (Å²) in [6.07, 6.45) is -0.862. The van der Waals surface area contributed by atoms with Gasteiger partial charge in [0.25, 0.3) is 6.43 Å². The fraction of sp³-hybridized carbons (Fsp3) is 0.267. The van der Waals surface area contributed by atoms with Crippen molar-refractivity contribution in [2.75, 3.05) is 12.0 Å². The summed E-state index contributed by atoms with van der Waals surface area (Å²) in [5.74, 6) is -0.327. The van der Waals surface area contributed by atoms with Crippen molar-refractivity contribution in [3.63, 3.8) is 0 Å². The molecule has 23 heavy (non-hydrogen) atoms. The highest BCUT2D eigenvalue weighted by atomic mass is 32.1. The smallest absolute Gasteiger partial charge is 0.311 e. The van der Waals surface area contributed by atoms with Gasteiger partial charge in [-0.15, -0.1) is 11.3 Å². The summed E-state index contributed by atoms with van der Waals surface area (Å²) in [5.41, 5.74) is 3.99. The third-order valence-electron chi connectivity index (χ3n) is 2.74. The Morgan fingerprint density at radius 2 is 2.17 bits per heavy atom. The molecule has 1 aromatic carbocycles. The highest BCUT2D eigenvalue weighted by Gasteiger charge is 2.08. The molecule has 0 atom stereocenters. The van der Waals surface area contributed by atoms with Gasteiger partial charge in [0.2, 0.25) is 5.13 Å². The molecule has 0 saturated carbocycles. The number of hydrazone groups is 1. The van der Waals surface area contributed by atoms with Gasteiger partial charge in [-0.05, 0) is 12.5 Å². The minimum absolute atomic E-state index is 0.0290. The van der Waals surface area contributed by atoms with Gasteiger partial charge in [0.15, 0.2) is 0 Å². The van der Waals surface area contributed by atoms with Gasteiger partial charge in [-0.2, -0.15) is 5.10 Å². The van der Waals surface area contributed by atoms with Gasteiger partial charge >= 0.3 is 5.97 Å². The van der Waals surface area contributed by atoms with Gasteiger partial charge in [0.1, 0.15) is 0 Å². The first-order chi connectivity index (χ1) is 11.1. The fourth-order valence-corrected chi connectivity index (χ4v) is 2.35. The molecule has 0 aliphatic carbocycles. The van der Waals surface area contributed by atoms with Crippen LogP contribution >= 0.6 is 11.3 Å². The zero-order valence-corrected chi connectivity index (χ0v) is 13.1. The molecule has 1 heterocycles. The monoisotopic (exact) mass is 339 g/mol. The van der Waals surface area contributed by atoms with Crippen molar-refractivity contribution in [1.82, 2.24) is 4.98 Å². The maximum absolute atomic E-state index is 12.4. The number of hydrogen-bond acceptors (Lipinski definition) is 6. The number of benzene rings is 1. The lowest BCUT2D eigenvalue weighted by molar-refractivity contribution is -0.142. The SMILES string of the molecule is CCOC(=O)Cc1csc(NN=Cc2ccc(C(F)F)cc2)n1. The van der Waals surface area contributed by atoms with E-state index in [1.807, 2.05) is 0 Å². The van der Waals surface area contributed by atoms with Gasteiger partial charge in [-0.3, -0.25) is 10.2 Å². The topological polar surface area (TPSA) is 63.6 Å². The summed E-state index contributed by atoms with van der Waals surface area (Å²) in [7, 11) is 0. The lowest BCUT2D eigenvalue weighted by Crippen LogP contribution is -2.07. The molecule has 1 N–H and O–H groups in total. The number of thiazole rings is 1. The van der Waals surface area contributed by atoms with E-state index in [2.05, 4.69) is 15.5 Å². The normalized spacial score (nSPS) is 11.1. The number of aromatic nitrogens is 1. The number of anilines is 1. The van der Waals surface area contributed by atoms with Crippen molar-refractivity contribution in [1.29, 1.82) is 0 Å². The van der Waals surface area contributed by atoms with Crippen LogP contribution in [0.25, 0.3) is 0 Å². The van der Waals surface area contributed by atoms with E-state index in [4.69, 9.17) is 4.74 Å². The van der Waals surface area contributed by atoms with Gasteiger partial charge in [0, 0.05) is 10.9 Å². The van der Waals surface area contributed by atoms with Crippen LogP contribution in [0.4, 0.5) is 13.9 Å². The van der Waals surface area contributed by atoms with E-state index >= 15 is 0 Å². The van der Waals surface area contributed by atoms with Crippen molar-refractivity contribution >= 4 is 28.7 Å². The second-order valence-electron chi connectivity index (χ2n) is 4.46. The largest absolute Gasteiger partial charge is 0.466 e. The number of alkyl halides is 2. The van der Waals surface area contributed by atoms with Crippen LogP contribution in [-0.4, -0.2) is 23.8 Å². The van der Waals surface area contributed by atoms with Crippen LogP contribution in [0.1, 0.15) is 30.2 Å². The molecule has 0 aliphatic heterocycles. The Kier molecular flexibility index (Phi) is 6.16. The summed E-state index contributed by atoms with van der Waals surface area (Å²) >= 11 is 1.31. The van der Waals surface area contributed by atoms with Crippen LogP contribution in [0, 0.1) is 0 Å². The van der Waals surface area contributed by atoms with Gasteiger partial charge in [0.05, 0.1) is 24.9 Å². The molecule has 0 unspecified atom stereocenters. The minimum atomic E-state index is -2.48. The van der Waals surface area contributed by atoms with Crippen molar-refractivity contribution in [3.8, 4) is 0 Å². The Morgan fingerprint density at radius 1 is 1.43 bits per heavy atom. The molecule has 122 valence electrons. The molecule has 0 spiro atoms. The number of hydrogen-bond donors (Lipinski definition) is 1. The Balaban J connectivity index is 1.88. The molecule has 2 rings (SSSR count). The van der Waals surface area contributed by atoms with E-state index in [1.165, 1.54) is 29.7 Å². The van der Waals surface area contributed by atoms with Crippen LogP contribution in [0.15, 0.2) is 34.7 Å². The minimum Gasteiger partial charge on any atom is -0.466 e. The molecule has 1 aromatic heterocycles. The highest BCUT2D eigenvalue weighted by Crippen LogP contribution is 2.18. The Hall–Kier alpha value is -2.35. The number of ether oxygens (including phenoxy) is 1. The quantitative estimate of drug-likeness (QED) is 0.475. The molecular weight excluding hydrogens is 324 g/mol. The van der Waals surface area contributed by atoms with Crippen LogP contribution in [-0.2, 0) is 16.0 Å². The molecule has 0 aliphatic rings. The second kappa shape index (κ2) is 8.33. The van der Waals surface area contributed by atoms with Gasteiger partial charge < -0.3 is 4.74 Å². The van der Waals surface area contributed by atoms with Crippen molar-refractivity contribution < 1.29 is 18.3 Å². The van der Waals surface area contributed by atoms with Crippen LogP contribution in [0.5, 0.6) is 0 Å². The molecule has 0 fully saturated rings. The lowest BCUT2D eigenvalue weighted by atomic mass is 10.1. The zero-order chi connectivity index (χ0) is 16.7. The Labute approximate surface area is 136 Å². The summed E-state index contributed by atoms with van der Waals surface area (Å²) in [6, 6.07) is 5.82. The van der Waals surface area contributed by atoms with E-state index in [0.717, 1.165) is 0 Å². The number of carbonyl (C=O) groups excluding carboxylic acids is 1. The van der Waals surface area contributed by atoms with Crippen molar-refractivity contribution in [2.24, 2.45) is 5.10 Å². The highest BCUT2D eigenvalue weighted by molar-refractivity contribution is 7.13. The summed E-state index contributed by atoms with van der Waals surface area (Å²) in [6.45, 7) is 2.08. The van der Waals surface area contributed by atoms with E-state index in [0.29, 0.717) is 23.0 Å². The third kappa shape index (κ3) is 5.41. The first kappa shape index (κ1) is 17.0. The van der Waals surface area contributed by atoms with E-state index in [1.54, 1.807) is 24.4 Å². The number of nitrogens with zero attached hydrogens (tertiary/aromatic N) is 2. The number of halogens is 2. The molecule has 2 aromatic rings. The number of nitrogens with one attached hydrogen (secondary N) is 1. The van der Waals surface area contributed by atoms with Crippen LogP contribution in [0.3, 0.4) is 0 Å². The van der Waals surface area contributed by atoms with E-state index in [9.17, 15) is 13.6 Å². The Bertz CT molecular complexity index is 672. The molecule has 0 saturated heterocycles. The molecule has 0 bridgehead atoms. The average Bonchev–Trinajstić information content (AvgIpc) is 2.95. The molecule has 0 radical (unpaired) electrons. The predicted octanol–water partition coefficient (Wildman–Crippen LogP) is 3.63. The maximum Gasteiger partial charge on any atom is 0.311 e. The summed E-state index contributed by atoms with van der Waals surface area (Å²) < 4.78 is 29.7. The molecule has 8 heteroatoms. The number of carbonyl (C=O) groups is 1. The maximum atomic E-state index is 12.4. The first-order valence-corrected chi connectivity index (χ1v) is 7.73. The molecule has 5 nitrogen and oxygen atoms in total. The summed E-state index contributed by atoms with van der Waals surface area (Å²) in [5, 5.41) is 6.26. The van der Waals surface area contributed by atoms with Gasteiger partial charge in [-0.25, -0.2) is 13.8 Å². The lowest BCUT2D eigenvalue weighted by Gasteiger charge is -1.99. The third-order valence-corrected chi connectivity index (χ3v) is 3.54. The number of esters is 1. The standard InChI is InChI=1S/C15H15F2N3O2S/c1-2-22-13(21)7-12-9-23-15(19-12)20-18-8-10-3-5-11(6-4-10)14(16)17/h3-6,8-9,14H,2,7H2,1H3,(H,19,20). The van der Waals surface area contributed by atoms with Gasteiger partial charge in [-0.1, -0.05) is 24.3 Å². The van der Waals surface area contributed by atoms with Crippen molar-refractivity contribution in [3.05, 3.63) is 46.5 Å². The first-order valence-electron chi connectivity index (χ1n) is 6.85. The molecular formula is C15H15F2N3O2S. The van der Waals surface area contributed by atoms with Crippen LogP contribution < -0.4 is 5.43 Å². The molecule has 0 amide bonds. The zero-order valence-electron chi connectivity index (χ0n) is 12.3. The Morgan fingerprint density at radius 3 is 2.83 bits per heavy atom. The van der Waals surface area contributed by atoms with E-state index < -0.39 is 6.43 Å².